The smallest absolute Gasteiger partial charge is 0.210 e. The molecular weight excluding hydrogens is 382 g/mol. The SMILES string of the molecule is COC[C@H](C)n1c(C)cc(C(=O)CSc2nnnn2Cc2cccs2)c1C. The average Bonchev–Trinajstić information content (AvgIpc) is 3.35. The zero-order chi connectivity index (χ0) is 19.4. The number of ether oxygens (including phenoxy) is 1. The lowest BCUT2D eigenvalue weighted by molar-refractivity contribution is 0.102. The van der Waals surface area contributed by atoms with Crippen molar-refractivity contribution in [3.05, 3.63) is 45.4 Å². The molecule has 0 amide bonds. The first-order chi connectivity index (χ1) is 13.0. The van der Waals surface area contributed by atoms with Crippen LogP contribution in [0.4, 0.5) is 0 Å². The Morgan fingerprint density at radius 3 is 2.93 bits per heavy atom. The van der Waals surface area contributed by atoms with Crippen molar-refractivity contribution in [3.63, 3.8) is 0 Å². The van der Waals surface area contributed by atoms with Gasteiger partial charge in [0.25, 0.3) is 0 Å². The Morgan fingerprint density at radius 2 is 2.22 bits per heavy atom. The van der Waals surface area contributed by atoms with Crippen molar-refractivity contribution in [3.8, 4) is 0 Å². The van der Waals surface area contributed by atoms with Gasteiger partial charge < -0.3 is 9.30 Å². The van der Waals surface area contributed by atoms with Gasteiger partial charge in [-0.1, -0.05) is 17.8 Å². The van der Waals surface area contributed by atoms with Gasteiger partial charge in [0, 0.05) is 28.9 Å². The number of aromatic nitrogens is 5. The van der Waals surface area contributed by atoms with Crippen LogP contribution < -0.4 is 0 Å². The lowest BCUT2D eigenvalue weighted by atomic mass is 10.2. The van der Waals surface area contributed by atoms with Gasteiger partial charge in [-0.05, 0) is 48.7 Å². The van der Waals surface area contributed by atoms with Crippen molar-refractivity contribution >= 4 is 28.9 Å². The zero-order valence-electron chi connectivity index (χ0n) is 15.9. The highest BCUT2D eigenvalue weighted by molar-refractivity contribution is 7.99. The second-order valence-corrected chi connectivity index (χ2v) is 8.34. The molecule has 27 heavy (non-hydrogen) atoms. The second-order valence-electron chi connectivity index (χ2n) is 6.37. The van der Waals surface area contributed by atoms with Crippen molar-refractivity contribution in [1.82, 2.24) is 24.8 Å². The Hall–Kier alpha value is -1.97. The molecule has 0 aliphatic rings. The van der Waals surface area contributed by atoms with E-state index in [1.807, 2.05) is 37.4 Å². The van der Waals surface area contributed by atoms with Gasteiger partial charge in [0.2, 0.25) is 5.16 Å². The molecule has 0 bridgehead atoms. The first-order valence-electron chi connectivity index (χ1n) is 8.63. The summed E-state index contributed by atoms with van der Waals surface area (Å²) in [5, 5.41) is 14.5. The van der Waals surface area contributed by atoms with Crippen molar-refractivity contribution in [2.24, 2.45) is 0 Å². The lowest BCUT2D eigenvalue weighted by Crippen LogP contribution is -2.15. The van der Waals surface area contributed by atoms with Gasteiger partial charge in [0.15, 0.2) is 5.78 Å². The van der Waals surface area contributed by atoms with Crippen LogP contribution in [0.25, 0.3) is 0 Å². The number of hydrogen-bond acceptors (Lipinski definition) is 7. The van der Waals surface area contributed by atoms with Crippen LogP contribution in [0.15, 0.2) is 28.7 Å². The fourth-order valence-corrected chi connectivity index (χ4v) is 4.66. The molecule has 0 fully saturated rings. The molecule has 1 atom stereocenters. The number of methoxy groups -OCH3 is 1. The number of thiophene rings is 1. The highest BCUT2D eigenvalue weighted by Gasteiger charge is 2.20. The Balaban J connectivity index is 1.69. The fourth-order valence-electron chi connectivity index (χ4n) is 3.21. The molecule has 9 heteroatoms. The van der Waals surface area contributed by atoms with Crippen molar-refractivity contribution in [1.29, 1.82) is 0 Å². The molecule has 0 saturated carbocycles. The minimum Gasteiger partial charge on any atom is -0.383 e. The summed E-state index contributed by atoms with van der Waals surface area (Å²) < 4.78 is 9.14. The number of thioether (sulfide) groups is 1. The van der Waals surface area contributed by atoms with E-state index in [9.17, 15) is 4.79 Å². The number of tetrazole rings is 1. The molecular formula is C18H23N5O2S2. The van der Waals surface area contributed by atoms with Gasteiger partial charge in [-0.25, -0.2) is 4.68 Å². The summed E-state index contributed by atoms with van der Waals surface area (Å²) in [6.07, 6.45) is 0. The van der Waals surface area contributed by atoms with Crippen LogP contribution >= 0.6 is 23.1 Å². The zero-order valence-corrected chi connectivity index (χ0v) is 17.5. The van der Waals surface area contributed by atoms with E-state index >= 15 is 0 Å². The fraction of sp³-hybridized carbons (Fsp3) is 0.444. The Labute approximate surface area is 166 Å². The van der Waals surface area contributed by atoms with Crippen molar-refractivity contribution in [2.75, 3.05) is 19.5 Å². The predicted octanol–water partition coefficient (Wildman–Crippen LogP) is 3.38. The summed E-state index contributed by atoms with van der Waals surface area (Å²) >= 11 is 3.03. The second kappa shape index (κ2) is 8.81. The molecule has 3 rings (SSSR count). The van der Waals surface area contributed by atoms with E-state index in [2.05, 4.69) is 27.0 Å². The molecule has 3 aromatic rings. The molecule has 3 heterocycles. The van der Waals surface area contributed by atoms with E-state index in [1.165, 1.54) is 16.6 Å². The Bertz CT molecular complexity index is 901. The van der Waals surface area contributed by atoms with Gasteiger partial charge in [0.1, 0.15) is 0 Å². The van der Waals surface area contributed by atoms with Gasteiger partial charge in [-0.15, -0.1) is 16.4 Å². The number of Topliss-reactive ketones (excluding diaryl/α,β-unsaturated/α-hetero) is 1. The van der Waals surface area contributed by atoms with Crippen LogP contribution in [0, 0.1) is 13.8 Å². The van der Waals surface area contributed by atoms with Crippen LogP contribution in [-0.2, 0) is 11.3 Å². The molecule has 0 aromatic carbocycles. The van der Waals surface area contributed by atoms with Crippen molar-refractivity contribution < 1.29 is 9.53 Å². The first kappa shape index (κ1) is 19.8. The molecule has 3 aromatic heterocycles. The highest BCUT2D eigenvalue weighted by atomic mass is 32.2. The number of ketones is 1. The normalized spacial score (nSPS) is 12.4. The third-order valence-corrected chi connectivity index (χ3v) is 6.17. The molecule has 0 spiro atoms. The summed E-state index contributed by atoms with van der Waals surface area (Å²) in [5.41, 5.74) is 2.79. The van der Waals surface area contributed by atoms with Crippen LogP contribution in [0.3, 0.4) is 0 Å². The number of rotatable bonds is 9. The van der Waals surface area contributed by atoms with E-state index in [-0.39, 0.29) is 11.8 Å². The van der Waals surface area contributed by atoms with Crippen LogP contribution in [0.2, 0.25) is 0 Å². The number of hydrogen-bond donors (Lipinski definition) is 0. The van der Waals surface area contributed by atoms with E-state index in [0.717, 1.165) is 17.0 Å². The monoisotopic (exact) mass is 405 g/mol. The molecule has 0 aliphatic carbocycles. The quantitative estimate of drug-likeness (QED) is 0.401. The predicted molar refractivity (Wildman–Crippen MR) is 107 cm³/mol. The van der Waals surface area contributed by atoms with Gasteiger partial charge in [0.05, 0.1) is 24.9 Å². The van der Waals surface area contributed by atoms with Gasteiger partial charge in [-0.3, -0.25) is 4.79 Å². The van der Waals surface area contributed by atoms with E-state index in [4.69, 9.17) is 4.74 Å². The lowest BCUT2D eigenvalue weighted by Gasteiger charge is -2.17. The maximum Gasteiger partial charge on any atom is 0.210 e. The topological polar surface area (TPSA) is 74.8 Å². The van der Waals surface area contributed by atoms with E-state index in [1.54, 1.807) is 23.1 Å². The molecule has 144 valence electrons. The molecule has 7 nitrogen and oxygen atoms in total. The minimum atomic E-state index is 0.0784. The third-order valence-electron chi connectivity index (χ3n) is 4.35. The van der Waals surface area contributed by atoms with E-state index in [0.29, 0.717) is 24.1 Å². The third kappa shape index (κ3) is 4.48. The number of nitrogens with zero attached hydrogens (tertiary/aromatic N) is 5. The molecule has 0 unspecified atom stereocenters. The highest BCUT2D eigenvalue weighted by Crippen LogP contribution is 2.24. The Morgan fingerprint density at radius 1 is 1.41 bits per heavy atom. The van der Waals surface area contributed by atoms with E-state index < -0.39 is 0 Å². The number of carbonyl (C=O) groups is 1. The van der Waals surface area contributed by atoms with Gasteiger partial charge in [-0.2, -0.15) is 0 Å². The Kier molecular flexibility index (Phi) is 6.46. The summed E-state index contributed by atoms with van der Waals surface area (Å²) in [5.74, 6) is 0.378. The summed E-state index contributed by atoms with van der Waals surface area (Å²) in [7, 11) is 1.69. The summed E-state index contributed by atoms with van der Waals surface area (Å²) in [4.78, 5) is 14.0. The van der Waals surface area contributed by atoms with Crippen LogP contribution in [0.5, 0.6) is 0 Å². The van der Waals surface area contributed by atoms with Crippen LogP contribution in [0.1, 0.15) is 39.6 Å². The molecule has 0 N–H and O–H groups in total. The maximum absolute atomic E-state index is 12.8. The standard InChI is InChI=1S/C18H23N5O2S2/c1-12-8-16(14(3)23(12)13(2)10-25-4)17(24)11-27-18-19-20-21-22(18)9-15-6-5-7-26-15/h5-8,13H,9-11H2,1-4H3/t13-/m0/s1. The number of aryl methyl sites for hydroxylation is 1. The summed E-state index contributed by atoms with van der Waals surface area (Å²) in [6.45, 7) is 7.31. The van der Waals surface area contributed by atoms with Crippen molar-refractivity contribution in [2.45, 2.75) is 38.5 Å². The van der Waals surface area contributed by atoms with Crippen LogP contribution in [-0.4, -0.2) is 50.0 Å². The molecule has 0 aliphatic heterocycles. The first-order valence-corrected chi connectivity index (χ1v) is 10.5. The largest absolute Gasteiger partial charge is 0.383 e. The minimum absolute atomic E-state index is 0.0784. The molecule has 0 saturated heterocycles. The summed E-state index contributed by atoms with van der Waals surface area (Å²) in [6, 6.07) is 6.18. The van der Waals surface area contributed by atoms with Gasteiger partial charge >= 0.3 is 0 Å². The average molecular weight is 406 g/mol. The number of carbonyl (C=O) groups excluding carboxylic acids is 1. The maximum atomic E-state index is 12.8. The molecule has 0 radical (unpaired) electrons.